The normalized spacial score (nSPS) is 10.3. The molecular formula is C14H13FN2O3. The Kier molecular flexibility index (Phi) is 3.93. The van der Waals surface area contributed by atoms with Gasteiger partial charge < -0.3 is 10.1 Å². The summed E-state index contributed by atoms with van der Waals surface area (Å²) in [7, 11) is 1.23. The number of hydrogen-bond acceptors (Lipinski definition) is 4. The molecule has 1 amide bonds. The number of ether oxygens (including phenoxy) is 1. The third-order valence-electron chi connectivity index (χ3n) is 2.76. The van der Waals surface area contributed by atoms with Gasteiger partial charge in [0.1, 0.15) is 12.4 Å². The van der Waals surface area contributed by atoms with Gasteiger partial charge in [-0.3, -0.25) is 14.6 Å². The van der Waals surface area contributed by atoms with E-state index in [2.05, 4.69) is 15.0 Å². The Bertz CT molecular complexity index is 685. The van der Waals surface area contributed by atoms with Gasteiger partial charge >= 0.3 is 5.97 Å². The van der Waals surface area contributed by atoms with Crippen LogP contribution < -0.4 is 5.32 Å². The number of benzene rings is 1. The average molecular weight is 276 g/mol. The van der Waals surface area contributed by atoms with Gasteiger partial charge in [0, 0.05) is 11.1 Å². The van der Waals surface area contributed by atoms with Gasteiger partial charge in [-0.05, 0) is 31.2 Å². The minimum Gasteiger partial charge on any atom is -0.468 e. The van der Waals surface area contributed by atoms with Crippen LogP contribution in [0.25, 0.3) is 10.9 Å². The van der Waals surface area contributed by atoms with Crippen molar-refractivity contribution in [3.8, 4) is 0 Å². The van der Waals surface area contributed by atoms with Crippen LogP contribution in [-0.2, 0) is 9.53 Å². The fraction of sp³-hybridized carbons (Fsp3) is 0.214. The molecule has 6 heteroatoms. The first kappa shape index (κ1) is 13.9. The van der Waals surface area contributed by atoms with Crippen LogP contribution >= 0.6 is 0 Å². The minimum absolute atomic E-state index is 0.243. The Morgan fingerprint density at radius 1 is 1.35 bits per heavy atom. The number of esters is 1. The zero-order chi connectivity index (χ0) is 14.7. The van der Waals surface area contributed by atoms with E-state index in [-0.39, 0.29) is 12.1 Å². The highest BCUT2D eigenvalue weighted by Crippen LogP contribution is 2.19. The molecule has 0 saturated heterocycles. The largest absolute Gasteiger partial charge is 0.468 e. The number of aryl methyl sites for hydroxylation is 1. The number of fused-ring (bicyclic) bond motifs is 1. The van der Waals surface area contributed by atoms with Crippen LogP contribution in [0.5, 0.6) is 0 Å². The molecule has 0 fully saturated rings. The molecule has 0 bridgehead atoms. The highest BCUT2D eigenvalue weighted by Gasteiger charge is 2.13. The second kappa shape index (κ2) is 5.64. The maximum absolute atomic E-state index is 13.3. The molecule has 1 N–H and O–H groups in total. The van der Waals surface area contributed by atoms with Gasteiger partial charge in [0.15, 0.2) is 0 Å². The number of carbonyl (C=O) groups is 2. The summed E-state index contributed by atoms with van der Waals surface area (Å²) >= 11 is 0. The average Bonchev–Trinajstić information content (AvgIpc) is 2.43. The molecule has 104 valence electrons. The maximum Gasteiger partial charge on any atom is 0.325 e. The predicted molar refractivity (Wildman–Crippen MR) is 70.8 cm³/mol. The van der Waals surface area contributed by atoms with E-state index >= 15 is 0 Å². The molecule has 0 atom stereocenters. The fourth-order valence-corrected chi connectivity index (χ4v) is 1.84. The summed E-state index contributed by atoms with van der Waals surface area (Å²) in [4.78, 5) is 27.3. The topological polar surface area (TPSA) is 68.3 Å². The van der Waals surface area contributed by atoms with E-state index in [0.717, 1.165) is 0 Å². The Hall–Kier alpha value is -2.50. The molecular weight excluding hydrogens is 263 g/mol. The highest BCUT2D eigenvalue weighted by atomic mass is 19.1. The smallest absolute Gasteiger partial charge is 0.325 e. The van der Waals surface area contributed by atoms with Gasteiger partial charge in [0.2, 0.25) is 0 Å². The number of rotatable bonds is 3. The van der Waals surface area contributed by atoms with Crippen molar-refractivity contribution in [2.24, 2.45) is 0 Å². The molecule has 2 rings (SSSR count). The van der Waals surface area contributed by atoms with E-state index in [1.165, 1.54) is 25.3 Å². The monoisotopic (exact) mass is 276 g/mol. The van der Waals surface area contributed by atoms with E-state index in [9.17, 15) is 14.0 Å². The molecule has 0 spiro atoms. The number of carbonyl (C=O) groups excluding carboxylic acids is 2. The van der Waals surface area contributed by atoms with Crippen molar-refractivity contribution in [3.63, 3.8) is 0 Å². The lowest BCUT2D eigenvalue weighted by molar-refractivity contribution is -0.139. The fourth-order valence-electron chi connectivity index (χ4n) is 1.84. The SMILES string of the molecule is COC(=O)CNC(=O)c1cc(C)nc2ccc(F)cc12. The van der Waals surface area contributed by atoms with Gasteiger partial charge in [-0.15, -0.1) is 0 Å². The van der Waals surface area contributed by atoms with Crippen molar-refractivity contribution in [2.75, 3.05) is 13.7 Å². The molecule has 1 aromatic heterocycles. The number of methoxy groups -OCH3 is 1. The van der Waals surface area contributed by atoms with Crippen molar-refractivity contribution in [1.82, 2.24) is 10.3 Å². The van der Waals surface area contributed by atoms with E-state index < -0.39 is 17.7 Å². The van der Waals surface area contributed by atoms with Crippen LogP contribution in [0.2, 0.25) is 0 Å². The van der Waals surface area contributed by atoms with Crippen LogP contribution in [0.3, 0.4) is 0 Å². The first-order valence-electron chi connectivity index (χ1n) is 5.93. The molecule has 2 aromatic rings. The van der Waals surface area contributed by atoms with Gasteiger partial charge in [-0.2, -0.15) is 0 Å². The summed E-state index contributed by atoms with van der Waals surface area (Å²) in [5, 5.41) is 2.83. The first-order chi connectivity index (χ1) is 9.51. The molecule has 0 aliphatic carbocycles. The van der Waals surface area contributed by atoms with Crippen LogP contribution in [-0.4, -0.2) is 30.5 Å². The minimum atomic E-state index is -0.556. The molecule has 0 aliphatic heterocycles. The van der Waals surface area contributed by atoms with Crippen LogP contribution in [0, 0.1) is 12.7 Å². The summed E-state index contributed by atoms with van der Waals surface area (Å²) in [5.74, 6) is -1.48. The Morgan fingerprint density at radius 2 is 2.10 bits per heavy atom. The highest BCUT2D eigenvalue weighted by molar-refractivity contribution is 6.06. The summed E-state index contributed by atoms with van der Waals surface area (Å²) in [6, 6.07) is 5.59. The van der Waals surface area contributed by atoms with Crippen LogP contribution in [0.1, 0.15) is 16.1 Å². The predicted octanol–water partition coefficient (Wildman–Crippen LogP) is 1.59. The molecule has 0 unspecified atom stereocenters. The molecule has 0 saturated carbocycles. The molecule has 1 aromatic carbocycles. The number of halogens is 1. The molecule has 0 radical (unpaired) electrons. The number of amides is 1. The van der Waals surface area contributed by atoms with Crippen molar-refractivity contribution in [1.29, 1.82) is 0 Å². The van der Waals surface area contributed by atoms with Gasteiger partial charge in [-0.25, -0.2) is 4.39 Å². The van der Waals surface area contributed by atoms with Gasteiger partial charge in [0.25, 0.3) is 5.91 Å². The first-order valence-corrected chi connectivity index (χ1v) is 5.93. The van der Waals surface area contributed by atoms with E-state index in [4.69, 9.17) is 0 Å². The number of hydrogen-bond donors (Lipinski definition) is 1. The van der Waals surface area contributed by atoms with Gasteiger partial charge in [0.05, 0.1) is 18.2 Å². The van der Waals surface area contributed by atoms with E-state index in [1.54, 1.807) is 13.0 Å². The Balaban J connectivity index is 2.39. The van der Waals surface area contributed by atoms with Crippen molar-refractivity contribution in [2.45, 2.75) is 6.92 Å². The molecule has 20 heavy (non-hydrogen) atoms. The summed E-state index contributed by atoms with van der Waals surface area (Å²) in [5.41, 5.74) is 1.43. The zero-order valence-electron chi connectivity index (χ0n) is 11.1. The lowest BCUT2D eigenvalue weighted by atomic mass is 10.1. The third-order valence-corrected chi connectivity index (χ3v) is 2.76. The van der Waals surface area contributed by atoms with Crippen molar-refractivity contribution >= 4 is 22.8 Å². The van der Waals surface area contributed by atoms with Crippen molar-refractivity contribution < 1.29 is 18.7 Å². The number of aromatic nitrogens is 1. The van der Waals surface area contributed by atoms with E-state index in [1.807, 2.05) is 0 Å². The quantitative estimate of drug-likeness (QED) is 0.864. The second-order valence-corrected chi connectivity index (χ2v) is 4.23. The standard InChI is InChI=1S/C14H13FN2O3/c1-8-5-11(14(19)16-7-13(18)20-2)10-6-9(15)3-4-12(10)17-8/h3-6H,7H2,1-2H3,(H,16,19). The van der Waals surface area contributed by atoms with E-state index in [0.29, 0.717) is 16.6 Å². The maximum atomic E-state index is 13.3. The third kappa shape index (κ3) is 2.90. The summed E-state index contributed by atoms with van der Waals surface area (Å²) in [6.07, 6.45) is 0. The molecule has 1 heterocycles. The number of nitrogens with one attached hydrogen (secondary N) is 1. The lowest BCUT2D eigenvalue weighted by Gasteiger charge is -2.08. The number of pyridine rings is 1. The second-order valence-electron chi connectivity index (χ2n) is 4.23. The van der Waals surface area contributed by atoms with Crippen molar-refractivity contribution in [3.05, 3.63) is 41.3 Å². The van der Waals surface area contributed by atoms with Crippen LogP contribution in [0.4, 0.5) is 4.39 Å². The molecule has 0 aliphatic rings. The zero-order valence-corrected chi connectivity index (χ0v) is 11.1. The Morgan fingerprint density at radius 3 is 2.80 bits per heavy atom. The molecule has 5 nitrogen and oxygen atoms in total. The Labute approximate surface area is 114 Å². The summed E-state index contributed by atoms with van der Waals surface area (Å²) in [6.45, 7) is 1.49. The summed E-state index contributed by atoms with van der Waals surface area (Å²) < 4.78 is 17.8. The van der Waals surface area contributed by atoms with Crippen LogP contribution in [0.15, 0.2) is 24.3 Å². The number of nitrogens with zero attached hydrogens (tertiary/aromatic N) is 1. The van der Waals surface area contributed by atoms with Gasteiger partial charge in [-0.1, -0.05) is 0 Å². The lowest BCUT2D eigenvalue weighted by Crippen LogP contribution is -2.30.